The number of nitrogens with one attached hydrogen (secondary N) is 2. The number of benzene rings is 1. The fraction of sp³-hybridized carbons (Fsp3) is 0.636. The zero-order valence-electron chi connectivity index (χ0n) is 19.3. The highest BCUT2D eigenvalue weighted by Crippen LogP contribution is 2.40. The lowest BCUT2D eigenvalue weighted by Crippen LogP contribution is -2.51. The highest BCUT2D eigenvalue weighted by molar-refractivity contribution is 7.89. The first-order valence-electron chi connectivity index (χ1n) is 11.1. The number of alkyl carbamates (subject to hydrolysis) is 1. The van der Waals surface area contributed by atoms with Crippen LogP contribution in [0.5, 0.6) is 0 Å². The second-order valence-corrected chi connectivity index (χ2v) is 11.2. The number of fused-ring (bicyclic) bond motifs is 1. The van der Waals surface area contributed by atoms with Crippen molar-refractivity contribution in [3.05, 3.63) is 29.8 Å². The van der Waals surface area contributed by atoms with Crippen LogP contribution in [0.1, 0.15) is 38.7 Å². The number of methoxy groups -OCH3 is 1. The van der Waals surface area contributed by atoms with E-state index in [-0.39, 0.29) is 47.7 Å². The number of hydrogen-bond donors (Lipinski definition) is 2. The molecule has 2 aliphatic rings. The minimum Gasteiger partial charge on any atom is -0.453 e. The molecule has 1 aliphatic heterocycles. The molecule has 4 atom stereocenters. The van der Waals surface area contributed by atoms with Gasteiger partial charge < -0.3 is 15.4 Å². The van der Waals surface area contributed by atoms with E-state index in [1.165, 1.54) is 11.4 Å². The van der Waals surface area contributed by atoms with Crippen molar-refractivity contribution >= 4 is 22.0 Å². The molecular formula is C22H30F3N3O5S. The Labute approximate surface area is 197 Å². The summed E-state index contributed by atoms with van der Waals surface area (Å²) in [5, 5.41) is 5.51. The van der Waals surface area contributed by atoms with E-state index in [1.54, 1.807) is 0 Å². The Morgan fingerprint density at radius 3 is 2.35 bits per heavy atom. The highest BCUT2D eigenvalue weighted by Gasteiger charge is 2.47. The number of carbonyl (C=O) groups excluding carboxylic acids is 2. The molecule has 1 saturated carbocycles. The van der Waals surface area contributed by atoms with Crippen LogP contribution in [0.4, 0.5) is 18.0 Å². The zero-order chi connectivity index (χ0) is 25.3. The molecule has 0 unspecified atom stereocenters. The first-order chi connectivity index (χ1) is 15.8. The van der Waals surface area contributed by atoms with Gasteiger partial charge in [-0.3, -0.25) is 4.79 Å². The Hall–Kier alpha value is -2.34. The summed E-state index contributed by atoms with van der Waals surface area (Å²) >= 11 is 0. The molecule has 8 nitrogen and oxygen atoms in total. The molecular weight excluding hydrogens is 475 g/mol. The molecule has 34 heavy (non-hydrogen) atoms. The SMILES string of the molecule is COC(=O)N[C@@H](CC(C)C)C(=O)N[C@@H]1CC[C@H]2CN(S(=O)(=O)c3ccc(C(F)(F)F)cc3)C[C@H]21. The second kappa shape index (κ2) is 10.1. The van der Waals surface area contributed by atoms with Crippen molar-refractivity contribution in [2.24, 2.45) is 17.8 Å². The van der Waals surface area contributed by atoms with Gasteiger partial charge in [0.05, 0.1) is 17.6 Å². The first-order valence-corrected chi connectivity index (χ1v) is 12.6. The molecule has 0 bridgehead atoms. The van der Waals surface area contributed by atoms with E-state index in [2.05, 4.69) is 15.4 Å². The molecule has 1 aromatic carbocycles. The molecule has 0 spiro atoms. The largest absolute Gasteiger partial charge is 0.453 e. The first kappa shape index (κ1) is 26.3. The van der Waals surface area contributed by atoms with Crippen molar-refractivity contribution in [2.75, 3.05) is 20.2 Å². The predicted octanol–water partition coefficient (Wildman–Crippen LogP) is 2.99. The summed E-state index contributed by atoms with van der Waals surface area (Å²) in [6.45, 7) is 4.26. The van der Waals surface area contributed by atoms with Crippen molar-refractivity contribution in [2.45, 2.75) is 56.3 Å². The van der Waals surface area contributed by atoms with Gasteiger partial charge in [-0.1, -0.05) is 13.8 Å². The number of carbonyl (C=O) groups is 2. The maximum atomic E-state index is 13.0. The molecule has 1 aromatic rings. The van der Waals surface area contributed by atoms with Gasteiger partial charge in [0, 0.05) is 19.1 Å². The summed E-state index contributed by atoms with van der Waals surface area (Å²) in [4.78, 5) is 24.3. The van der Waals surface area contributed by atoms with Gasteiger partial charge in [0.2, 0.25) is 15.9 Å². The number of halogens is 3. The van der Waals surface area contributed by atoms with E-state index in [9.17, 15) is 31.2 Å². The maximum Gasteiger partial charge on any atom is 0.416 e. The van der Waals surface area contributed by atoms with Crippen molar-refractivity contribution in [1.82, 2.24) is 14.9 Å². The van der Waals surface area contributed by atoms with Crippen molar-refractivity contribution < 1.29 is 35.9 Å². The Morgan fingerprint density at radius 2 is 1.79 bits per heavy atom. The third-order valence-electron chi connectivity index (χ3n) is 6.47. The Kier molecular flexibility index (Phi) is 7.81. The third kappa shape index (κ3) is 5.83. The van der Waals surface area contributed by atoms with E-state index in [0.29, 0.717) is 19.3 Å². The van der Waals surface area contributed by atoms with Crippen LogP contribution in [-0.4, -0.2) is 57.0 Å². The normalized spacial score (nSPS) is 24.0. The molecule has 1 saturated heterocycles. The number of hydrogen-bond acceptors (Lipinski definition) is 5. The summed E-state index contributed by atoms with van der Waals surface area (Å²) in [5.41, 5.74) is -0.913. The lowest BCUT2D eigenvalue weighted by atomic mass is 9.97. The minimum atomic E-state index is -4.55. The van der Waals surface area contributed by atoms with Gasteiger partial charge in [0.1, 0.15) is 6.04 Å². The summed E-state index contributed by atoms with van der Waals surface area (Å²) in [5.74, 6) is -0.300. The fourth-order valence-electron chi connectivity index (χ4n) is 4.75. The smallest absolute Gasteiger partial charge is 0.416 e. The fourth-order valence-corrected chi connectivity index (χ4v) is 6.29. The van der Waals surface area contributed by atoms with Gasteiger partial charge in [0.25, 0.3) is 0 Å². The van der Waals surface area contributed by atoms with Crippen LogP contribution in [0.15, 0.2) is 29.2 Å². The molecule has 1 heterocycles. The Bertz CT molecular complexity index is 998. The highest BCUT2D eigenvalue weighted by atomic mass is 32.2. The van der Waals surface area contributed by atoms with E-state index < -0.39 is 33.9 Å². The lowest BCUT2D eigenvalue weighted by Gasteiger charge is -2.25. The van der Waals surface area contributed by atoms with E-state index in [1.807, 2.05) is 13.8 Å². The van der Waals surface area contributed by atoms with Crippen molar-refractivity contribution in [3.8, 4) is 0 Å². The predicted molar refractivity (Wildman–Crippen MR) is 117 cm³/mol. The van der Waals surface area contributed by atoms with Crippen LogP contribution in [0.3, 0.4) is 0 Å². The summed E-state index contributed by atoms with van der Waals surface area (Å²) in [6.07, 6.45) is -3.44. The van der Waals surface area contributed by atoms with Crippen molar-refractivity contribution in [3.63, 3.8) is 0 Å². The van der Waals surface area contributed by atoms with E-state index in [0.717, 1.165) is 24.3 Å². The molecule has 12 heteroatoms. The van der Waals surface area contributed by atoms with Gasteiger partial charge >= 0.3 is 12.3 Å². The average Bonchev–Trinajstić information content (AvgIpc) is 3.34. The molecule has 190 valence electrons. The van der Waals surface area contributed by atoms with Crippen molar-refractivity contribution in [1.29, 1.82) is 0 Å². The Morgan fingerprint density at radius 1 is 1.15 bits per heavy atom. The van der Waals surface area contributed by atoms with Crippen LogP contribution >= 0.6 is 0 Å². The molecule has 0 aromatic heterocycles. The van der Waals surface area contributed by atoms with Gasteiger partial charge in [-0.2, -0.15) is 17.5 Å². The molecule has 3 rings (SSSR count). The minimum absolute atomic E-state index is 0.0339. The number of amides is 2. The van der Waals surface area contributed by atoms with Crippen LogP contribution < -0.4 is 10.6 Å². The van der Waals surface area contributed by atoms with Gasteiger partial charge in [0.15, 0.2) is 0 Å². The number of sulfonamides is 1. The van der Waals surface area contributed by atoms with Gasteiger partial charge in [-0.25, -0.2) is 13.2 Å². The van der Waals surface area contributed by atoms with Crippen LogP contribution in [0.2, 0.25) is 0 Å². The molecule has 2 N–H and O–H groups in total. The quantitative estimate of drug-likeness (QED) is 0.593. The Balaban J connectivity index is 1.68. The zero-order valence-corrected chi connectivity index (χ0v) is 20.1. The molecule has 0 radical (unpaired) electrons. The van der Waals surface area contributed by atoms with E-state index >= 15 is 0 Å². The monoisotopic (exact) mass is 505 g/mol. The van der Waals surface area contributed by atoms with Crippen LogP contribution in [0.25, 0.3) is 0 Å². The number of nitrogens with zero attached hydrogens (tertiary/aromatic N) is 1. The topological polar surface area (TPSA) is 105 Å². The standard InChI is InChI=1S/C22H30F3N3O5S/c1-13(2)10-19(27-21(30)33-3)20(29)26-18-9-4-14-11-28(12-17(14)18)34(31,32)16-7-5-15(6-8-16)22(23,24)25/h5-8,13-14,17-19H,4,9-12H2,1-3H3,(H,26,29)(H,27,30)/t14-,17+,18+,19-/m0/s1. The van der Waals surface area contributed by atoms with Gasteiger partial charge in [-0.05, 0) is 61.3 Å². The number of rotatable bonds is 7. The summed E-state index contributed by atoms with van der Waals surface area (Å²) in [6, 6.07) is 2.42. The van der Waals surface area contributed by atoms with Crippen LogP contribution in [0, 0.1) is 17.8 Å². The van der Waals surface area contributed by atoms with Gasteiger partial charge in [-0.15, -0.1) is 0 Å². The van der Waals surface area contributed by atoms with Crippen LogP contribution in [-0.2, 0) is 25.7 Å². The number of alkyl halides is 3. The second-order valence-electron chi connectivity index (χ2n) is 9.28. The average molecular weight is 506 g/mol. The molecule has 1 aliphatic carbocycles. The lowest BCUT2D eigenvalue weighted by molar-refractivity contribution is -0.137. The maximum absolute atomic E-state index is 13.0. The number of ether oxygens (including phenoxy) is 1. The molecule has 2 fully saturated rings. The molecule has 2 amide bonds. The summed E-state index contributed by atoms with van der Waals surface area (Å²) in [7, 11) is -2.75. The third-order valence-corrected chi connectivity index (χ3v) is 8.32. The summed E-state index contributed by atoms with van der Waals surface area (Å²) < 4.78 is 70.4. The van der Waals surface area contributed by atoms with E-state index in [4.69, 9.17) is 0 Å².